The van der Waals surface area contributed by atoms with Gasteiger partial charge in [-0.1, -0.05) is 0 Å². The molecule has 0 spiro atoms. The maximum absolute atomic E-state index is 11.3. The lowest BCUT2D eigenvalue weighted by molar-refractivity contribution is -0.0417. The Kier molecular flexibility index (Phi) is 5.84. The zero-order valence-corrected chi connectivity index (χ0v) is 16.6. The quantitative estimate of drug-likeness (QED) is 0.305. The van der Waals surface area contributed by atoms with Crippen LogP contribution in [0.2, 0.25) is 1.41 Å². The molecule has 0 unspecified atom stereocenters. The molecule has 2 aromatic heterocycles. The Labute approximate surface area is 164 Å². The second-order valence-electron chi connectivity index (χ2n) is 5.90. The van der Waals surface area contributed by atoms with E-state index in [4.69, 9.17) is 35.0 Å². The van der Waals surface area contributed by atoms with Gasteiger partial charge in [-0.3, -0.25) is 13.6 Å². The highest BCUT2D eigenvalue weighted by molar-refractivity contribution is 7.46. The van der Waals surface area contributed by atoms with Crippen molar-refractivity contribution in [2.75, 3.05) is 18.9 Å². The zero-order valence-electron chi connectivity index (χ0n) is 15.9. The molecule has 3 heterocycles. The van der Waals surface area contributed by atoms with Gasteiger partial charge in [0.2, 0.25) is 11.8 Å². The molecule has 1 aliphatic rings. The number of phosphoric acid groups is 2. The van der Waals surface area contributed by atoms with E-state index in [1.165, 1.54) is 10.9 Å². The molecule has 0 bridgehead atoms. The molecule has 0 amide bonds. The number of nitrogens with two attached hydrogens (primary N) is 1. The van der Waals surface area contributed by atoms with Gasteiger partial charge in [-0.15, -0.1) is 0 Å². The smallest absolute Gasteiger partial charge is 0.469 e. The number of ether oxygens (including phenoxy) is 2. The Morgan fingerprint density at radius 1 is 1.34 bits per heavy atom. The summed E-state index contributed by atoms with van der Waals surface area (Å²) in [6, 6.07) is 0. The summed E-state index contributed by atoms with van der Waals surface area (Å²) in [5, 5.41) is 0. The average molecular weight is 457 g/mol. The van der Waals surface area contributed by atoms with Crippen LogP contribution in [0.4, 0.5) is 5.95 Å². The maximum atomic E-state index is 11.3. The monoisotopic (exact) mass is 457 g/mol. The second kappa shape index (κ2) is 8.22. The summed E-state index contributed by atoms with van der Waals surface area (Å²) >= 11 is 0. The molecule has 29 heavy (non-hydrogen) atoms. The summed E-state index contributed by atoms with van der Waals surface area (Å²) in [4.78, 5) is 48.3. The molecule has 3 atom stereocenters. The van der Waals surface area contributed by atoms with Crippen LogP contribution in [0.25, 0.3) is 11.2 Å². The van der Waals surface area contributed by atoms with Crippen LogP contribution in [0.15, 0.2) is 6.33 Å². The van der Waals surface area contributed by atoms with Crippen molar-refractivity contribution in [2.45, 2.75) is 31.8 Å². The summed E-state index contributed by atoms with van der Waals surface area (Å²) in [6.07, 6.45) is -2.19. The van der Waals surface area contributed by atoms with Crippen LogP contribution in [0.5, 0.6) is 5.88 Å². The van der Waals surface area contributed by atoms with Crippen LogP contribution < -0.4 is 10.5 Å². The minimum absolute atomic E-state index is 0.0879. The molecule has 1 fully saturated rings. The first-order chi connectivity index (χ1) is 14.0. The van der Waals surface area contributed by atoms with Crippen molar-refractivity contribution in [3.8, 4) is 5.88 Å². The number of imidazole rings is 1. The fourth-order valence-corrected chi connectivity index (χ4v) is 3.73. The third-order valence-corrected chi connectivity index (χ3v) is 4.87. The van der Waals surface area contributed by atoms with Crippen molar-refractivity contribution in [3.63, 3.8) is 0 Å². The van der Waals surface area contributed by atoms with Gasteiger partial charge in [0.25, 0.3) is 0 Å². The van der Waals surface area contributed by atoms with Gasteiger partial charge in [0.05, 0.1) is 19.5 Å². The van der Waals surface area contributed by atoms with Crippen molar-refractivity contribution >= 4 is 32.8 Å². The number of nitrogens with zero attached hydrogens (tertiary/aromatic N) is 4. The van der Waals surface area contributed by atoms with E-state index in [0.29, 0.717) is 0 Å². The highest BCUT2D eigenvalue weighted by Crippen LogP contribution is 2.45. The molecule has 0 saturated carbocycles. The SMILES string of the molecule is [3H]Nc1nc(OCC)c2ncn([C@H]3C[C@H](OP(=O)(O)O)[C@@H](COP(=O)(O)O)O3)c2n1. The summed E-state index contributed by atoms with van der Waals surface area (Å²) < 4.78 is 51.1. The second-order valence-corrected chi connectivity index (χ2v) is 8.33. The van der Waals surface area contributed by atoms with Gasteiger partial charge in [-0.25, -0.2) is 14.1 Å². The van der Waals surface area contributed by atoms with Gasteiger partial charge in [-0.2, -0.15) is 9.97 Å². The van der Waals surface area contributed by atoms with Crippen LogP contribution in [0.1, 0.15) is 19.6 Å². The van der Waals surface area contributed by atoms with Gasteiger partial charge < -0.3 is 34.8 Å². The summed E-state index contributed by atoms with van der Waals surface area (Å²) in [7, 11) is -9.79. The largest absolute Gasteiger partial charge is 0.476 e. The van der Waals surface area contributed by atoms with Gasteiger partial charge in [-0.05, 0) is 6.92 Å². The molecule has 0 aromatic carbocycles. The van der Waals surface area contributed by atoms with Crippen LogP contribution in [0, 0.1) is 0 Å². The van der Waals surface area contributed by atoms with Crippen molar-refractivity contribution < 1.29 is 48.6 Å². The van der Waals surface area contributed by atoms with Crippen molar-refractivity contribution in [2.24, 2.45) is 0 Å². The molecule has 2 aromatic rings. The molecular formula is C12H19N5O10P2. The number of fused-ring (bicyclic) bond motifs is 1. The molecule has 0 aliphatic carbocycles. The van der Waals surface area contributed by atoms with Crippen LogP contribution in [0.3, 0.4) is 0 Å². The predicted octanol–water partition coefficient (Wildman–Crippen LogP) is -0.318. The number of hydrogen-bond acceptors (Lipinski definition) is 10. The normalized spacial score (nSPS) is 23.3. The van der Waals surface area contributed by atoms with E-state index in [-0.39, 0.29) is 36.0 Å². The molecule has 17 heteroatoms. The maximum Gasteiger partial charge on any atom is 0.469 e. The Balaban J connectivity index is 1.92. The molecule has 162 valence electrons. The first kappa shape index (κ1) is 20.6. The lowest BCUT2D eigenvalue weighted by Crippen LogP contribution is -2.28. The first-order valence-corrected chi connectivity index (χ1v) is 11.2. The molecule has 15 nitrogen and oxygen atoms in total. The Morgan fingerprint density at radius 3 is 2.72 bits per heavy atom. The van der Waals surface area contributed by atoms with E-state index in [2.05, 4.69) is 19.5 Å². The molecular weight excluding hydrogens is 436 g/mol. The fourth-order valence-electron chi connectivity index (χ4n) is 2.82. The molecule has 1 saturated heterocycles. The van der Waals surface area contributed by atoms with Crippen molar-refractivity contribution in [1.82, 2.24) is 19.5 Å². The third-order valence-electron chi connectivity index (χ3n) is 3.84. The van der Waals surface area contributed by atoms with E-state index >= 15 is 0 Å². The van der Waals surface area contributed by atoms with Crippen LogP contribution >= 0.6 is 15.6 Å². The summed E-state index contributed by atoms with van der Waals surface area (Å²) in [5.74, 6) is 0.0218. The molecule has 1 aliphatic heterocycles. The standard InChI is InChI=1S/C12H19N5O10P2/c1-2-24-11-9-10(15-12(13)16-11)17(5-14-9)8-3-6(27-29(21,22)23)7(26-8)4-25-28(18,19)20/h5-8H,2-4H2,1H3,(H2,13,15,16)(H2,18,19,20)(H2,21,22,23)/t6-,7+,8+/m0/s1/i/hT. The fraction of sp³-hybridized carbons (Fsp3) is 0.583. The van der Waals surface area contributed by atoms with E-state index in [1.807, 2.05) is 5.73 Å². The zero-order chi connectivity index (χ0) is 22.1. The third kappa shape index (κ3) is 5.48. The lowest BCUT2D eigenvalue weighted by atomic mass is 10.2. The highest BCUT2D eigenvalue weighted by atomic mass is 31.2. The van der Waals surface area contributed by atoms with Gasteiger partial charge in [0, 0.05) is 6.42 Å². The average Bonchev–Trinajstić information content (AvgIpc) is 3.22. The minimum atomic E-state index is -4.93. The van der Waals surface area contributed by atoms with Gasteiger partial charge in [0.1, 0.15) is 18.4 Å². The number of aromatic nitrogens is 4. The highest BCUT2D eigenvalue weighted by Gasteiger charge is 2.42. The van der Waals surface area contributed by atoms with E-state index < -0.39 is 40.7 Å². The van der Waals surface area contributed by atoms with E-state index in [1.54, 1.807) is 6.92 Å². The summed E-state index contributed by atoms with van der Waals surface area (Å²) in [5.41, 5.74) is 2.49. The molecule has 6 N–H and O–H groups in total. The lowest BCUT2D eigenvalue weighted by Gasteiger charge is -2.19. The van der Waals surface area contributed by atoms with E-state index in [0.717, 1.165) is 0 Å². The van der Waals surface area contributed by atoms with Crippen LogP contribution in [-0.4, -0.2) is 64.5 Å². The Morgan fingerprint density at radius 2 is 2.10 bits per heavy atom. The summed E-state index contributed by atoms with van der Waals surface area (Å²) in [6.45, 7) is 1.32. The minimum Gasteiger partial charge on any atom is -0.476 e. The number of nitrogen functional groups attached to an aromatic ring is 1. The number of anilines is 1. The predicted molar refractivity (Wildman–Crippen MR) is 94.3 cm³/mol. The molecule has 3 rings (SSSR count). The number of rotatable bonds is 9. The van der Waals surface area contributed by atoms with Gasteiger partial charge in [0.15, 0.2) is 12.6 Å². The first-order valence-electron chi connectivity index (χ1n) is 8.65. The number of phosphoric ester groups is 2. The van der Waals surface area contributed by atoms with Gasteiger partial charge >= 0.3 is 15.6 Å². The Hall–Kier alpha value is -1.67. The van der Waals surface area contributed by atoms with Crippen molar-refractivity contribution in [3.05, 3.63) is 6.33 Å². The Bertz CT molecular complexity index is 995. The van der Waals surface area contributed by atoms with Crippen molar-refractivity contribution in [1.29, 1.82) is 0 Å². The van der Waals surface area contributed by atoms with E-state index in [9.17, 15) is 9.13 Å². The van der Waals surface area contributed by atoms with Crippen LogP contribution in [-0.2, 0) is 22.9 Å². The topological polar surface area (TPSA) is 222 Å². The molecule has 0 radical (unpaired) electrons. The number of hydrogen-bond donors (Lipinski definition) is 5.